The molecule has 2 aromatic carbocycles. The topological polar surface area (TPSA) is 108 Å². The summed E-state index contributed by atoms with van der Waals surface area (Å²) in [6, 6.07) is 17.0. The monoisotopic (exact) mass is 517 g/mol. The summed E-state index contributed by atoms with van der Waals surface area (Å²) in [5.41, 5.74) is 4.73. The molecule has 0 spiro atoms. The van der Waals surface area contributed by atoms with Gasteiger partial charge in [-0.05, 0) is 69.8 Å². The van der Waals surface area contributed by atoms with Crippen molar-refractivity contribution in [1.29, 1.82) is 0 Å². The molecule has 0 saturated carbocycles. The molecule has 0 bridgehead atoms. The van der Waals surface area contributed by atoms with E-state index in [1.54, 1.807) is 17.0 Å². The predicted molar refractivity (Wildman–Crippen MR) is 146 cm³/mol. The summed E-state index contributed by atoms with van der Waals surface area (Å²) in [7, 11) is 0. The number of amides is 2. The number of hydrogen-bond acceptors (Lipinski definition) is 6. The van der Waals surface area contributed by atoms with Gasteiger partial charge in [0.25, 0.3) is 5.69 Å². The number of nitrogens with one attached hydrogen (secondary N) is 2. The van der Waals surface area contributed by atoms with Crippen LogP contribution in [0, 0.1) is 10.1 Å². The van der Waals surface area contributed by atoms with Crippen molar-refractivity contribution in [3.63, 3.8) is 0 Å². The lowest BCUT2D eigenvalue weighted by Crippen LogP contribution is -2.39. The molecule has 0 aliphatic carbocycles. The van der Waals surface area contributed by atoms with Crippen molar-refractivity contribution in [2.45, 2.75) is 44.9 Å². The Balaban J connectivity index is 1.47. The van der Waals surface area contributed by atoms with Crippen molar-refractivity contribution in [3.05, 3.63) is 98.6 Å². The lowest BCUT2D eigenvalue weighted by Gasteiger charge is -2.37. The third-order valence-corrected chi connectivity index (χ3v) is 7.52. The number of nitro groups is 1. The molecule has 4 rings (SSSR count). The van der Waals surface area contributed by atoms with Crippen molar-refractivity contribution >= 4 is 18.5 Å². The van der Waals surface area contributed by atoms with Crippen LogP contribution in [-0.2, 0) is 9.59 Å². The average molecular weight is 518 g/mol. The van der Waals surface area contributed by atoms with Crippen LogP contribution in [0.3, 0.4) is 0 Å². The normalized spacial score (nSPS) is 18.6. The summed E-state index contributed by atoms with van der Waals surface area (Å²) in [4.78, 5) is 39.0. The number of carbonyl (C=O) groups excluding carboxylic acids is 2. The minimum Gasteiger partial charge on any atom is -0.360 e. The SMILES string of the molecule is CC1=C(NC=O)C(c2cccc([N+](=O)[O-])c2)C(N(C=O)CCCN2CCC(c3ccccc3)CC2)=C(C)N1. The molecule has 1 saturated heterocycles. The number of hydrogen-bond donors (Lipinski definition) is 2. The Hall–Kier alpha value is -3.98. The highest BCUT2D eigenvalue weighted by Gasteiger charge is 2.33. The van der Waals surface area contributed by atoms with Gasteiger partial charge >= 0.3 is 0 Å². The largest absolute Gasteiger partial charge is 0.360 e. The average Bonchev–Trinajstić information content (AvgIpc) is 2.94. The maximum absolute atomic E-state index is 12.4. The quantitative estimate of drug-likeness (QED) is 0.263. The summed E-state index contributed by atoms with van der Waals surface area (Å²) >= 11 is 0. The highest BCUT2D eigenvalue weighted by molar-refractivity contribution is 5.60. The fourth-order valence-corrected chi connectivity index (χ4v) is 5.67. The first-order chi connectivity index (χ1) is 18.4. The van der Waals surface area contributed by atoms with Crippen molar-refractivity contribution in [3.8, 4) is 0 Å². The van der Waals surface area contributed by atoms with Crippen molar-refractivity contribution < 1.29 is 14.5 Å². The first-order valence-corrected chi connectivity index (χ1v) is 13.0. The molecule has 2 heterocycles. The summed E-state index contributed by atoms with van der Waals surface area (Å²) in [5.74, 6) is 0.0580. The Morgan fingerprint density at radius 2 is 1.76 bits per heavy atom. The summed E-state index contributed by atoms with van der Waals surface area (Å²) in [6.45, 7) is 7.13. The second kappa shape index (κ2) is 12.5. The summed E-state index contributed by atoms with van der Waals surface area (Å²) in [5, 5.41) is 17.5. The molecule has 0 aromatic heterocycles. The Labute approximate surface area is 223 Å². The van der Waals surface area contributed by atoms with Gasteiger partial charge in [-0.3, -0.25) is 19.7 Å². The number of dihydropyridines is 1. The number of nitro benzene ring substituents is 1. The van der Waals surface area contributed by atoms with Gasteiger partial charge in [0.15, 0.2) is 0 Å². The van der Waals surface area contributed by atoms with Crippen LogP contribution in [-0.4, -0.2) is 53.7 Å². The van der Waals surface area contributed by atoms with Gasteiger partial charge in [-0.25, -0.2) is 0 Å². The van der Waals surface area contributed by atoms with E-state index in [2.05, 4.69) is 45.9 Å². The lowest BCUT2D eigenvalue weighted by molar-refractivity contribution is -0.384. The van der Waals surface area contributed by atoms with Crippen LogP contribution in [0.5, 0.6) is 0 Å². The van der Waals surface area contributed by atoms with E-state index in [9.17, 15) is 19.7 Å². The van der Waals surface area contributed by atoms with Gasteiger partial charge in [0, 0.05) is 30.1 Å². The van der Waals surface area contributed by atoms with Crippen LogP contribution >= 0.6 is 0 Å². The van der Waals surface area contributed by atoms with Crippen LogP contribution in [0.2, 0.25) is 0 Å². The molecule has 200 valence electrons. The molecule has 38 heavy (non-hydrogen) atoms. The van der Waals surface area contributed by atoms with Crippen LogP contribution in [0.25, 0.3) is 0 Å². The van der Waals surface area contributed by atoms with Crippen molar-refractivity contribution in [2.24, 2.45) is 0 Å². The number of carbonyl (C=O) groups is 2. The number of nitrogens with zero attached hydrogens (tertiary/aromatic N) is 3. The predicted octanol–water partition coefficient (Wildman–Crippen LogP) is 4.22. The van der Waals surface area contributed by atoms with Gasteiger partial charge in [0.2, 0.25) is 12.8 Å². The molecule has 2 aliphatic rings. The standard InChI is InChI=1S/C29H35N5O4/c1-21-28(30-19-35)27(25-10-6-11-26(18-25)34(37)38)29(22(2)31-21)33(20-36)15-7-14-32-16-12-24(13-17-32)23-8-4-3-5-9-23/h3-6,8-11,18-20,24,27,31H,7,12-17H2,1-2H3,(H,30,35). The van der Waals surface area contributed by atoms with E-state index < -0.39 is 10.8 Å². The molecule has 1 unspecified atom stereocenters. The van der Waals surface area contributed by atoms with E-state index in [4.69, 9.17) is 0 Å². The van der Waals surface area contributed by atoms with Crippen molar-refractivity contribution in [1.82, 2.24) is 20.4 Å². The van der Waals surface area contributed by atoms with Crippen LogP contribution in [0.15, 0.2) is 77.4 Å². The highest BCUT2D eigenvalue weighted by Crippen LogP contribution is 2.39. The highest BCUT2D eigenvalue weighted by atomic mass is 16.6. The zero-order valence-electron chi connectivity index (χ0n) is 21.9. The molecule has 1 fully saturated rings. The van der Waals surface area contributed by atoms with E-state index in [0.717, 1.165) is 56.7 Å². The number of likely N-dealkylation sites (tertiary alicyclic amines) is 1. The van der Waals surface area contributed by atoms with E-state index in [0.29, 0.717) is 35.8 Å². The molecular weight excluding hydrogens is 482 g/mol. The molecule has 9 heteroatoms. The van der Waals surface area contributed by atoms with Gasteiger partial charge in [-0.1, -0.05) is 42.5 Å². The fourth-order valence-electron chi connectivity index (χ4n) is 5.67. The van der Waals surface area contributed by atoms with Gasteiger partial charge in [0.1, 0.15) is 0 Å². The van der Waals surface area contributed by atoms with Gasteiger partial charge < -0.3 is 20.4 Å². The van der Waals surface area contributed by atoms with E-state index in [1.165, 1.54) is 17.7 Å². The molecule has 2 aromatic rings. The minimum atomic E-state index is -0.534. The summed E-state index contributed by atoms with van der Waals surface area (Å²) in [6.07, 6.45) is 4.43. The molecule has 2 aliphatic heterocycles. The van der Waals surface area contributed by atoms with E-state index >= 15 is 0 Å². The van der Waals surface area contributed by atoms with Crippen molar-refractivity contribution in [2.75, 3.05) is 26.2 Å². The zero-order valence-corrected chi connectivity index (χ0v) is 21.9. The number of piperidine rings is 1. The Morgan fingerprint density at radius 3 is 2.42 bits per heavy atom. The third-order valence-electron chi connectivity index (χ3n) is 7.52. The maximum Gasteiger partial charge on any atom is 0.269 e. The molecule has 1 atom stereocenters. The second-order valence-corrected chi connectivity index (χ2v) is 9.90. The molecule has 2 N–H and O–H groups in total. The Bertz CT molecular complexity index is 1220. The van der Waals surface area contributed by atoms with Gasteiger partial charge in [0.05, 0.1) is 22.2 Å². The number of allylic oxidation sites excluding steroid dienone is 2. The number of non-ortho nitro benzene ring substituents is 1. The van der Waals surface area contributed by atoms with Gasteiger partial charge in [-0.2, -0.15) is 0 Å². The van der Waals surface area contributed by atoms with Crippen LogP contribution < -0.4 is 10.6 Å². The smallest absolute Gasteiger partial charge is 0.269 e. The maximum atomic E-state index is 12.4. The van der Waals surface area contributed by atoms with Gasteiger partial charge in [-0.15, -0.1) is 0 Å². The zero-order chi connectivity index (χ0) is 27.1. The Kier molecular flexibility index (Phi) is 8.91. The van der Waals surface area contributed by atoms with E-state index in [1.807, 2.05) is 13.8 Å². The molecule has 2 amide bonds. The summed E-state index contributed by atoms with van der Waals surface area (Å²) < 4.78 is 0. The third kappa shape index (κ3) is 6.11. The van der Waals surface area contributed by atoms with Crippen LogP contribution in [0.4, 0.5) is 5.69 Å². The first kappa shape index (κ1) is 27.1. The second-order valence-electron chi connectivity index (χ2n) is 9.90. The Morgan fingerprint density at radius 1 is 1.05 bits per heavy atom. The molecular formula is C29H35N5O4. The molecule has 0 radical (unpaired) electrons. The first-order valence-electron chi connectivity index (χ1n) is 13.0. The lowest BCUT2D eigenvalue weighted by atomic mass is 9.87. The van der Waals surface area contributed by atoms with E-state index in [-0.39, 0.29) is 5.69 Å². The fraction of sp³-hybridized carbons (Fsp3) is 0.379. The minimum absolute atomic E-state index is 0.0438. The number of rotatable bonds is 11. The molecule has 9 nitrogen and oxygen atoms in total. The number of benzene rings is 2. The van der Waals surface area contributed by atoms with Crippen LogP contribution in [0.1, 0.15) is 56.1 Å².